The van der Waals surface area contributed by atoms with Crippen LogP contribution >= 0.6 is 12.4 Å². The Bertz CT molecular complexity index is 206. The number of halogens is 1. The van der Waals surface area contributed by atoms with E-state index < -0.39 is 0 Å². The summed E-state index contributed by atoms with van der Waals surface area (Å²) in [6.45, 7) is 6.20. The van der Waals surface area contributed by atoms with E-state index in [2.05, 4.69) is 19.9 Å². The quantitative estimate of drug-likeness (QED) is 0.597. The first kappa shape index (κ1) is 10.3. The van der Waals surface area contributed by atoms with E-state index in [-0.39, 0.29) is 12.4 Å². The lowest BCUT2D eigenvalue weighted by molar-refractivity contribution is 1.30. The summed E-state index contributed by atoms with van der Waals surface area (Å²) >= 11 is 0. The van der Waals surface area contributed by atoms with Gasteiger partial charge in [0.2, 0.25) is 0 Å². The zero-order valence-corrected chi connectivity index (χ0v) is 7.96. The summed E-state index contributed by atoms with van der Waals surface area (Å²) in [5.41, 5.74) is 10.3. The van der Waals surface area contributed by atoms with Crippen molar-refractivity contribution in [2.45, 2.75) is 20.8 Å². The Morgan fingerprint density at radius 1 is 0.909 bits per heavy atom. The molecule has 0 heterocycles. The minimum Gasteiger partial charge on any atom is -0.399 e. The van der Waals surface area contributed by atoms with Gasteiger partial charge in [0.1, 0.15) is 0 Å². The summed E-state index contributed by atoms with van der Waals surface area (Å²) in [5, 5.41) is 0. The van der Waals surface area contributed by atoms with Crippen molar-refractivity contribution < 1.29 is 0 Å². The minimum absolute atomic E-state index is 0. The maximum atomic E-state index is 5.69. The van der Waals surface area contributed by atoms with Gasteiger partial charge in [0.05, 0.1) is 0 Å². The highest BCUT2D eigenvalue weighted by Gasteiger charge is 1.95. The lowest BCUT2D eigenvalue weighted by Crippen LogP contribution is -1.91. The summed E-state index contributed by atoms with van der Waals surface area (Å²) in [4.78, 5) is 0. The number of nitrogen functional groups attached to an aromatic ring is 1. The Balaban J connectivity index is 0.000001000. The SMILES string of the molecule is Cc1cc(C)c(N)cc1C.Cl. The van der Waals surface area contributed by atoms with Crippen LogP contribution in [0.15, 0.2) is 12.1 Å². The second-order valence-corrected chi connectivity index (χ2v) is 2.79. The smallest absolute Gasteiger partial charge is 0.0346 e. The van der Waals surface area contributed by atoms with E-state index in [1.54, 1.807) is 0 Å². The van der Waals surface area contributed by atoms with E-state index in [1.807, 2.05) is 13.0 Å². The molecule has 0 bridgehead atoms. The summed E-state index contributed by atoms with van der Waals surface area (Å²) in [7, 11) is 0. The fourth-order valence-corrected chi connectivity index (χ4v) is 0.983. The highest BCUT2D eigenvalue weighted by molar-refractivity contribution is 5.85. The Morgan fingerprint density at radius 2 is 1.36 bits per heavy atom. The number of anilines is 1. The van der Waals surface area contributed by atoms with E-state index in [0.29, 0.717) is 0 Å². The molecule has 1 nitrogen and oxygen atoms in total. The first-order chi connectivity index (χ1) is 4.61. The zero-order chi connectivity index (χ0) is 7.72. The average molecular weight is 172 g/mol. The first-order valence-electron chi connectivity index (χ1n) is 3.44. The molecule has 0 aliphatic carbocycles. The molecule has 2 N–H and O–H groups in total. The largest absolute Gasteiger partial charge is 0.399 e. The highest BCUT2D eigenvalue weighted by Crippen LogP contribution is 2.16. The molecule has 11 heavy (non-hydrogen) atoms. The topological polar surface area (TPSA) is 26.0 Å². The van der Waals surface area contributed by atoms with Gasteiger partial charge in [0, 0.05) is 5.69 Å². The standard InChI is InChI=1S/C9H13N.ClH/c1-6-4-8(3)9(10)5-7(6)2;/h4-5H,10H2,1-3H3;1H. The van der Waals surface area contributed by atoms with Crippen LogP contribution in [0.1, 0.15) is 16.7 Å². The molecule has 0 saturated carbocycles. The molecular weight excluding hydrogens is 158 g/mol. The monoisotopic (exact) mass is 171 g/mol. The first-order valence-corrected chi connectivity index (χ1v) is 3.44. The van der Waals surface area contributed by atoms with Crippen molar-refractivity contribution in [2.75, 3.05) is 5.73 Å². The van der Waals surface area contributed by atoms with Gasteiger partial charge in [-0.2, -0.15) is 0 Å². The van der Waals surface area contributed by atoms with Gasteiger partial charge in [-0.15, -0.1) is 12.4 Å². The van der Waals surface area contributed by atoms with Crippen LogP contribution in [0.3, 0.4) is 0 Å². The normalized spacial score (nSPS) is 9.00. The molecule has 0 aliphatic rings. The van der Waals surface area contributed by atoms with Gasteiger partial charge in [-0.1, -0.05) is 6.07 Å². The van der Waals surface area contributed by atoms with Crippen molar-refractivity contribution in [1.82, 2.24) is 0 Å². The van der Waals surface area contributed by atoms with Gasteiger partial charge < -0.3 is 5.73 Å². The van der Waals surface area contributed by atoms with E-state index in [4.69, 9.17) is 5.73 Å². The van der Waals surface area contributed by atoms with Gasteiger partial charge in [-0.25, -0.2) is 0 Å². The molecule has 62 valence electrons. The van der Waals surface area contributed by atoms with Gasteiger partial charge in [0.15, 0.2) is 0 Å². The van der Waals surface area contributed by atoms with Gasteiger partial charge in [0.25, 0.3) is 0 Å². The number of hydrogen-bond donors (Lipinski definition) is 1. The lowest BCUT2D eigenvalue weighted by atomic mass is 10.1. The van der Waals surface area contributed by atoms with E-state index in [1.165, 1.54) is 16.7 Å². The second kappa shape index (κ2) is 3.63. The molecular formula is C9H14ClN. The van der Waals surface area contributed by atoms with Gasteiger partial charge in [-0.3, -0.25) is 0 Å². The van der Waals surface area contributed by atoms with Crippen LogP contribution in [0.25, 0.3) is 0 Å². The summed E-state index contributed by atoms with van der Waals surface area (Å²) in [6, 6.07) is 4.13. The molecule has 0 unspecified atom stereocenters. The number of benzene rings is 1. The molecule has 1 rings (SSSR count). The Kier molecular flexibility index (Phi) is 3.40. The third-order valence-electron chi connectivity index (χ3n) is 1.88. The fourth-order valence-electron chi connectivity index (χ4n) is 0.983. The zero-order valence-electron chi connectivity index (χ0n) is 7.14. The fraction of sp³-hybridized carbons (Fsp3) is 0.333. The Morgan fingerprint density at radius 3 is 1.82 bits per heavy atom. The van der Waals surface area contributed by atoms with Crippen molar-refractivity contribution >= 4 is 18.1 Å². The molecule has 0 spiro atoms. The van der Waals surface area contributed by atoms with Crippen molar-refractivity contribution in [3.8, 4) is 0 Å². The predicted molar refractivity (Wildman–Crippen MR) is 52.3 cm³/mol. The molecule has 0 aliphatic heterocycles. The van der Waals surface area contributed by atoms with Crippen molar-refractivity contribution in [2.24, 2.45) is 0 Å². The molecule has 0 radical (unpaired) electrons. The lowest BCUT2D eigenvalue weighted by Gasteiger charge is -2.03. The van der Waals surface area contributed by atoms with E-state index in [9.17, 15) is 0 Å². The molecule has 2 heteroatoms. The van der Waals surface area contributed by atoms with Crippen LogP contribution in [0, 0.1) is 20.8 Å². The molecule has 1 aromatic rings. The van der Waals surface area contributed by atoms with E-state index in [0.717, 1.165) is 5.69 Å². The minimum atomic E-state index is 0. The molecule has 1 aromatic carbocycles. The Hall–Kier alpha value is -0.690. The van der Waals surface area contributed by atoms with Crippen molar-refractivity contribution in [1.29, 1.82) is 0 Å². The maximum absolute atomic E-state index is 5.69. The maximum Gasteiger partial charge on any atom is 0.0346 e. The third-order valence-corrected chi connectivity index (χ3v) is 1.88. The van der Waals surface area contributed by atoms with Crippen LogP contribution in [-0.4, -0.2) is 0 Å². The van der Waals surface area contributed by atoms with Crippen LogP contribution in [0.2, 0.25) is 0 Å². The number of rotatable bonds is 0. The molecule has 0 atom stereocenters. The summed E-state index contributed by atoms with van der Waals surface area (Å²) < 4.78 is 0. The molecule has 0 aromatic heterocycles. The average Bonchev–Trinajstić information content (AvgIpc) is 1.84. The van der Waals surface area contributed by atoms with Crippen molar-refractivity contribution in [3.05, 3.63) is 28.8 Å². The van der Waals surface area contributed by atoms with Crippen LogP contribution in [-0.2, 0) is 0 Å². The number of hydrogen-bond acceptors (Lipinski definition) is 1. The van der Waals surface area contributed by atoms with Gasteiger partial charge >= 0.3 is 0 Å². The highest BCUT2D eigenvalue weighted by atomic mass is 35.5. The molecule has 0 fully saturated rings. The van der Waals surface area contributed by atoms with Crippen LogP contribution in [0.5, 0.6) is 0 Å². The predicted octanol–water partition coefficient (Wildman–Crippen LogP) is 2.62. The van der Waals surface area contributed by atoms with Crippen molar-refractivity contribution in [3.63, 3.8) is 0 Å². The number of nitrogens with two attached hydrogens (primary N) is 1. The number of aryl methyl sites for hydroxylation is 3. The molecule has 0 saturated heterocycles. The van der Waals surface area contributed by atoms with Gasteiger partial charge in [-0.05, 0) is 43.5 Å². The van der Waals surface area contributed by atoms with Crippen LogP contribution in [0.4, 0.5) is 5.69 Å². The second-order valence-electron chi connectivity index (χ2n) is 2.79. The summed E-state index contributed by atoms with van der Waals surface area (Å²) in [6.07, 6.45) is 0. The van der Waals surface area contributed by atoms with E-state index >= 15 is 0 Å². The van der Waals surface area contributed by atoms with Crippen LogP contribution < -0.4 is 5.73 Å². The Labute approximate surface area is 74.0 Å². The summed E-state index contributed by atoms with van der Waals surface area (Å²) in [5.74, 6) is 0. The third kappa shape index (κ3) is 2.12. The molecule has 0 amide bonds.